The van der Waals surface area contributed by atoms with E-state index in [4.69, 9.17) is 4.74 Å². The largest absolute Gasteiger partial charge is 0.377 e. The first-order chi connectivity index (χ1) is 4.74. The lowest BCUT2D eigenvalue weighted by Crippen LogP contribution is -1.93. The van der Waals surface area contributed by atoms with Crippen LogP contribution < -0.4 is 0 Å². The Morgan fingerprint density at radius 2 is 2.40 bits per heavy atom. The zero-order valence-electron chi connectivity index (χ0n) is 6.53. The molecule has 1 heterocycles. The van der Waals surface area contributed by atoms with Crippen LogP contribution in [0, 0.1) is 0 Å². The summed E-state index contributed by atoms with van der Waals surface area (Å²) in [6.07, 6.45) is 3.91. The van der Waals surface area contributed by atoms with Gasteiger partial charge in [0.05, 0.1) is 12.3 Å². The molecule has 1 atom stereocenters. The molecule has 1 rings (SSSR count). The van der Waals surface area contributed by atoms with Crippen LogP contribution in [0.5, 0.6) is 0 Å². The molecule has 0 aromatic carbocycles. The predicted octanol–water partition coefficient (Wildman–Crippen LogP) is 1.13. The second-order valence-corrected chi connectivity index (χ2v) is 2.33. The summed E-state index contributed by atoms with van der Waals surface area (Å²) in [4.78, 5) is 0. The van der Waals surface area contributed by atoms with Gasteiger partial charge in [-0.1, -0.05) is 0 Å². The minimum Gasteiger partial charge on any atom is -0.377 e. The maximum Gasteiger partial charge on any atom is 0.0823 e. The molecule has 0 bridgehead atoms. The normalized spacial score (nSPS) is 13.5. The molecule has 0 fully saturated rings. The molecule has 0 amide bonds. The van der Waals surface area contributed by atoms with Crippen molar-refractivity contribution in [3.8, 4) is 0 Å². The molecule has 0 aliphatic heterocycles. The number of methoxy groups -OCH3 is 1. The fourth-order valence-electron chi connectivity index (χ4n) is 0.786. The van der Waals surface area contributed by atoms with Gasteiger partial charge in [0.1, 0.15) is 0 Å². The number of aryl methyl sites for hydroxylation is 1. The van der Waals surface area contributed by atoms with Crippen LogP contribution in [0.3, 0.4) is 0 Å². The molecule has 0 spiro atoms. The third kappa shape index (κ3) is 1.36. The van der Waals surface area contributed by atoms with E-state index in [-0.39, 0.29) is 6.10 Å². The Hall–Kier alpha value is -0.830. The summed E-state index contributed by atoms with van der Waals surface area (Å²) >= 11 is 0. The summed E-state index contributed by atoms with van der Waals surface area (Å²) in [5.74, 6) is 0. The second kappa shape index (κ2) is 2.84. The van der Waals surface area contributed by atoms with E-state index in [1.54, 1.807) is 11.8 Å². The van der Waals surface area contributed by atoms with Gasteiger partial charge in [0.25, 0.3) is 0 Å². The second-order valence-electron chi connectivity index (χ2n) is 2.33. The minimum atomic E-state index is 0.147. The first kappa shape index (κ1) is 7.28. The highest BCUT2D eigenvalue weighted by atomic mass is 16.5. The quantitative estimate of drug-likeness (QED) is 0.615. The number of hydrogen-bond donors (Lipinski definition) is 0. The molecule has 1 aromatic rings. The summed E-state index contributed by atoms with van der Waals surface area (Å²) in [5.41, 5.74) is 1.12. The standard InChI is InChI=1S/C7H12N2O/c1-6(10-3)7-4-8-9(2)5-7/h4-6H,1-3H3. The monoisotopic (exact) mass is 140 g/mol. The molecule has 0 N–H and O–H groups in total. The number of hydrogen-bond acceptors (Lipinski definition) is 2. The van der Waals surface area contributed by atoms with Gasteiger partial charge in [0.15, 0.2) is 0 Å². The lowest BCUT2D eigenvalue weighted by atomic mass is 10.2. The maximum absolute atomic E-state index is 5.10. The molecular weight excluding hydrogens is 128 g/mol. The molecule has 0 radical (unpaired) electrons. The third-order valence-electron chi connectivity index (χ3n) is 1.55. The summed E-state index contributed by atoms with van der Waals surface area (Å²) in [6.45, 7) is 2.00. The van der Waals surface area contributed by atoms with E-state index in [1.165, 1.54) is 0 Å². The van der Waals surface area contributed by atoms with Gasteiger partial charge in [-0.05, 0) is 6.92 Å². The van der Waals surface area contributed by atoms with Crippen molar-refractivity contribution in [2.75, 3.05) is 7.11 Å². The molecule has 1 unspecified atom stereocenters. The molecule has 3 nitrogen and oxygen atoms in total. The Bertz CT molecular complexity index is 207. The van der Waals surface area contributed by atoms with Gasteiger partial charge < -0.3 is 4.74 Å². The molecular formula is C7H12N2O. The highest BCUT2D eigenvalue weighted by Gasteiger charge is 2.03. The van der Waals surface area contributed by atoms with E-state index < -0.39 is 0 Å². The van der Waals surface area contributed by atoms with Crippen molar-refractivity contribution in [3.05, 3.63) is 18.0 Å². The van der Waals surface area contributed by atoms with Crippen LogP contribution >= 0.6 is 0 Å². The van der Waals surface area contributed by atoms with Crippen LogP contribution in [0.25, 0.3) is 0 Å². The van der Waals surface area contributed by atoms with Crippen molar-refractivity contribution in [1.29, 1.82) is 0 Å². The van der Waals surface area contributed by atoms with Crippen LogP contribution in [0.4, 0.5) is 0 Å². The molecule has 1 aromatic heterocycles. The molecule has 3 heteroatoms. The van der Waals surface area contributed by atoms with Crippen molar-refractivity contribution in [2.24, 2.45) is 7.05 Å². The van der Waals surface area contributed by atoms with E-state index in [0.29, 0.717) is 0 Å². The summed E-state index contributed by atoms with van der Waals surface area (Å²) in [7, 11) is 3.59. The van der Waals surface area contributed by atoms with Crippen molar-refractivity contribution >= 4 is 0 Å². The Morgan fingerprint density at radius 1 is 1.70 bits per heavy atom. The van der Waals surface area contributed by atoms with Gasteiger partial charge in [-0.25, -0.2) is 0 Å². The average molecular weight is 140 g/mol. The number of rotatable bonds is 2. The first-order valence-corrected chi connectivity index (χ1v) is 3.25. The molecule has 56 valence electrons. The first-order valence-electron chi connectivity index (χ1n) is 3.25. The van der Waals surface area contributed by atoms with Crippen molar-refractivity contribution in [3.63, 3.8) is 0 Å². The number of nitrogens with zero attached hydrogens (tertiary/aromatic N) is 2. The molecule has 10 heavy (non-hydrogen) atoms. The van der Waals surface area contributed by atoms with Gasteiger partial charge in [-0.3, -0.25) is 4.68 Å². The van der Waals surface area contributed by atoms with Crippen LogP contribution in [-0.2, 0) is 11.8 Å². The highest BCUT2D eigenvalue weighted by Crippen LogP contribution is 2.12. The minimum absolute atomic E-state index is 0.147. The Morgan fingerprint density at radius 3 is 2.80 bits per heavy atom. The Kier molecular flexibility index (Phi) is 2.06. The van der Waals surface area contributed by atoms with Crippen molar-refractivity contribution in [2.45, 2.75) is 13.0 Å². The van der Waals surface area contributed by atoms with Crippen molar-refractivity contribution < 1.29 is 4.74 Å². The summed E-state index contributed by atoms with van der Waals surface area (Å²) in [6, 6.07) is 0. The van der Waals surface area contributed by atoms with Gasteiger partial charge in [0.2, 0.25) is 0 Å². The Labute approximate surface area is 60.6 Å². The van der Waals surface area contributed by atoms with Crippen molar-refractivity contribution in [1.82, 2.24) is 9.78 Å². The summed E-state index contributed by atoms with van der Waals surface area (Å²) < 4.78 is 6.86. The van der Waals surface area contributed by atoms with E-state index >= 15 is 0 Å². The number of aromatic nitrogens is 2. The van der Waals surface area contributed by atoms with Gasteiger partial charge in [0, 0.05) is 25.9 Å². The smallest absolute Gasteiger partial charge is 0.0823 e. The van der Waals surface area contributed by atoms with E-state index in [9.17, 15) is 0 Å². The molecule has 0 aliphatic rings. The highest BCUT2D eigenvalue weighted by molar-refractivity contribution is 5.06. The molecule has 0 saturated heterocycles. The fraction of sp³-hybridized carbons (Fsp3) is 0.571. The maximum atomic E-state index is 5.10. The summed E-state index contributed by atoms with van der Waals surface area (Å²) in [5, 5.41) is 4.02. The zero-order chi connectivity index (χ0) is 7.56. The fourth-order valence-corrected chi connectivity index (χ4v) is 0.786. The SMILES string of the molecule is COC(C)c1cnn(C)c1. The topological polar surface area (TPSA) is 27.1 Å². The van der Waals surface area contributed by atoms with Crippen LogP contribution in [0.1, 0.15) is 18.6 Å². The van der Waals surface area contributed by atoms with Crippen LogP contribution in [0.15, 0.2) is 12.4 Å². The van der Waals surface area contributed by atoms with Crippen LogP contribution in [0.2, 0.25) is 0 Å². The molecule has 0 aliphatic carbocycles. The van der Waals surface area contributed by atoms with Gasteiger partial charge >= 0.3 is 0 Å². The Balaban J connectivity index is 2.74. The third-order valence-corrected chi connectivity index (χ3v) is 1.55. The number of ether oxygens (including phenoxy) is 1. The van der Waals surface area contributed by atoms with Crippen LogP contribution in [-0.4, -0.2) is 16.9 Å². The zero-order valence-corrected chi connectivity index (χ0v) is 6.53. The average Bonchev–Trinajstić information content (AvgIpc) is 2.34. The van der Waals surface area contributed by atoms with Gasteiger partial charge in [-0.2, -0.15) is 5.10 Å². The predicted molar refractivity (Wildman–Crippen MR) is 38.6 cm³/mol. The molecule has 0 saturated carbocycles. The van der Waals surface area contributed by atoms with E-state index in [1.807, 2.05) is 26.4 Å². The lowest BCUT2D eigenvalue weighted by Gasteiger charge is -2.03. The van der Waals surface area contributed by atoms with E-state index in [0.717, 1.165) is 5.56 Å². The van der Waals surface area contributed by atoms with Gasteiger partial charge in [-0.15, -0.1) is 0 Å². The van der Waals surface area contributed by atoms with E-state index in [2.05, 4.69) is 5.10 Å². The lowest BCUT2D eigenvalue weighted by molar-refractivity contribution is 0.119.